The molecule has 1 atom stereocenters. The Morgan fingerprint density at radius 3 is 2.79 bits per heavy atom. The van der Waals surface area contributed by atoms with E-state index in [0.29, 0.717) is 16.3 Å². The molecule has 2 aromatic carbocycles. The van der Waals surface area contributed by atoms with Crippen LogP contribution in [-0.2, 0) is 6.61 Å². The highest BCUT2D eigenvalue weighted by molar-refractivity contribution is 6.30. The highest BCUT2D eigenvalue weighted by Crippen LogP contribution is 2.21. The van der Waals surface area contributed by atoms with Gasteiger partial charge in [-0.1, -0.05) is 23.7 Å². The molecule has 0 amide bonds. The van der Waals surface area contributed by atoms with E-state index < -0.39 is 6.10 Å². The van der Waals surface area contributed by atoms with Crippen molar-refractivity contribution < 1.29 is 14.2 Å². The standard InChI is InChI=1S/C15H14ClFO2/c1-10(18)11-3-2-4-14(8-11)19-9-12-7-13(16)5-6-15(12)17/h2-8,10,18H,9H2,1H3/t10-/m0/s1. The van der Waals surface area contributed by atoms with Crippen LogP contribution in [0.4, 0.5) is 4.39 Å². The third-order valence-corrected chi connectivity index (χ3v) is 2.98. The van der Waals surface area contributed by atoms with E-state index in [-0.39, 0.29) is 12.4 Å². The van der Waals surface area contributed by atoms with Crippen LogP contribution in [0, 0.1) is 5.82 Å². The Morgan fingerprint density at radius 1 is 1.26 bits per heavy atom. The van der Waals surface area contributed by atoms with Crippen molar-refractivity contribution in [1.29, 1.82) is 0 Å². The zero-order valence-corrected chi connectivity index (χ0v) is 11.2. The lowest BCUT2D eigenvalue weighted by Crippen LogP contribution is -1.99. The van der Waals surface area contributed by atoms with Crippen LogP contribution >= 0.6 is 11.6 Å². The zero-order valence-electron chi connectivity index (χ0n) is 10.4. The summed E-state index contributed by atoms with van der Waals surface area (Å²) < 4.78 is 19.0. The molecule has 0 radical (unpaired) electrons. The third kappa shape index (κ3) is 3.69. The maximum absolute atomic E-state index is 13.5. The maximum Gasteiger partial charge on any atom is 0.129 e. The summed E-state index contributed by atoms with van der Waals surface area (Å²) in [5.74, 6) is 0.230. The molecule has 0 unspecified atom stereocenters. The van der Waals surface area contributed by atoms with E-state index >= 15 is 0 Å². The van der Waals surface area contributed by atoms with Crippen LogP contribution in [0.1, 0.15) is 24.2 Å². The summed E-state index contributed by atoms with van der Waals surface area (Å²) >= 11 is 5.81. The van der Waals surface area contributed by atoms with Crippen LogP contribution in [0.25, 0.3) is 0 Å². The number of hydrogen-bond donors (Lipinski definition) is 1. The molecule has 0 aliphatic rings. The van der Waals surface area contributed by atoms with Gasteiger partial charge in [0.2, 0.25) is 0 Å². The summed E-state index contributed by atoms with van der Waals surface area (Å²) in [6.07, 6.45) is -0.563. The fraction of sp³-hybridized carbons (Fsp3) is 0.200. The van der Waals surface area contributed by atoms with Crippen molar-refractivity contribution in [3.8, 4) is 5.75 Å². The number of aliphatic hydroxyl groups is 1. The molecule has 100 valence electrons. The molecule has 0 saturated carbocycles. The Bertz CT molecular complexity index is 570. The Morgan fingerprint density at radius 2 is 2.05 bits per heavy atom. The fourth-order valence-corrected chi connectivity index (χ4v) is 1.87. The molecular weight excluding hydrogens is 267 g/mol. The molecule has 19 heavy (non-hydrogen) atoms. The largest absolute Gasteiger partial charge is 0.489 e. The van der Waals surface area contributed by atoms with Crippen LogP contribution < -0.4 is 4.74 Å². The van der Waals surface area contributed by atoms with Crippen molar-refractivity contribution in [1.82, 2.24) is 0 Å². The number of hydrogen-bond acceptors (Lipinski definition) is 2. The van der Waals surface area contributed by atoms with Gasteiger partial charge < -0.3 is 9.84 Å². The summed E-state index contributed by atoms with van der Waals surface area (Å²) in [5.41, 5.74) is 1.15. The fourth-order valence-electron chi connectivity index (χ4n) is 1.68. The van der Waals surface area contributed by atoms with Crippen molar-refractivity contribution in [3.05, 3.63) is 64.4 Å². The molecule has 2 rings (SSSR count). The molecule has 2 aromatic rings. The van der Waals surface area contributed by atoms with Crippen LogP contribution in [0.3, 0.4) is 0 Å². The summed E-state index contributed by atoms with van der Waals surface area (Å²) in [4.78, 5) is 0. The van der Waals surface area contributed by atoms with Gasteiger partial charge in [0.25, 0.3) is 0 Å². The molecule has 0 aliphatic carbocycles. The lowest BCUT2D eigenvalue weighted by molar-refractivity contribution is 0.198. The van der Waals surface area contributed by atoms with E-state index in [4.69, 9.17) is 16.3 Å². The summed E-state index contributed by atoms with van der Waals surface area (Å²) in [6.45, 7) is 1.77. The normalized spacial score (nSPS) is 12.2. The molecule has 0 spiro atoms. The summed E-state index contributed by atoms with van der Waals surface area (Å²) in [5, 5.41) is 9.95. The number of ether oxygens (including phenoxy) is 1. The van der Waals surface area contributed by atoms with Gasteiger partial charge in [-0.3, -0.25) is 0 Å². The minimum absolute atomic E-state index is 0.0929. The molecule has 0 aromatic heterocycles. The topological polar surface area (TPSA) is 29.5 Å². The minimum atomic E-state index is -0.563. The van der Waals surface area contributed by atoms with E-state index in [9.17, 15) is 9.50 Å². The Balaban J connectivity index is 2.10. The van der Waals surface area contributed by atoms with Gasteiger partial charge in [0.05, 0.1) is 6.10 Å². The highest BCUT2D eigenvalue weighted by atomic mass is 35.5. The molecule has 0 fully saturated rings. The van der Waals surface area contributed by atoms with Crippen molar-refractivity contribution in [2.24, 2.45) is 0 Å². The molecule has 0 heterocycles. The van der Waals surface area contributed by atoms with Crippen LogP contribution in [-0.4, -0.2) is 5.11 Å². The second-order valence-corrected chi connectivity index (χ2v) is 4.71. The van der Waals surface area contributed by atoms with Gasteiger partial charge in [0.15, 0.2) is 0 Å². The zero-order chi connectivity index (χ0) is 13.8. The average Bonchev–Trinajstić information content (AvgIpc) is 2.40. The molecular formula is C15H14ClFO2. The van der Waals surface area contributed by atoms with Gasteiger partial charge in [-0.05, 0) is 42.8 Å². The van der Waals surface area contributed by atoms with Gasteiger partial charge in [-0.25, -0.2) is 4.39 Å². The van der Waals surface area contributed by atoms with Gasteiger partial charge >= 0.3 is 0 Å². The minimum Gasteiger partial charge on any atom is -0.489 e. The van der Waals surface area contributed by atoms with E-state index in [2.05, 4.69) is 0 Å². The van der Waals surface area contributed by atoms with E-state index in [0.717, 1.165) is 5.56 Å². The first-order chi connectivity index (χ1) is 9.06. The number of rotatable bonds is 4. The lowest BCUT2D eigenvalue weighted by Gasteiger charge is -2.10. The van der Waals surface area contributed by atoms with Gasteiger partial charge in [-0.2, -0.15) is 0 Å². The first kappa shape index (κ1) is 13.8. The van der Waals surface area contributed by atoms with Gasteiger partial charge in [-0.15, -0.1) is 0 Å². The van der Waals surface area contributed by atoms with E-state index in [1.165, 1.54) is 18.2 Å². The van der Waals surface area contributed by atoms with Crippen molar-refractivity contribution >= 4 is 11.6 Å². The SMILES string of the molecule is C[C@H](O)c1cccc(OCc2cc(Cl)ccc2F)c1. The molecule has 0 aliphatic heterocycles. The van der Waals surface area contributed by atoms with Crippen LogP contribution in [0.15, 0.2) is 42.5 Å². The van der Waals surface area contributed by atoms with Crippen LogP contribution in [0.5, 0.6) is 5.75 Å². The average molecular weight is 281 g/mol. The Labute approximate surface area is 116 Å². The Kier molecular flexibility index (Phi) is 4.40. The molecule has 0 saturated heterocycles. The molecule has 1 N–H and O–H groups in total. The lowest BCUT2D eigenvalue weighted by atomic mass is 10.1. The van der Waals surface area contributed by atoms with E-state index in [1.54, 1.807) is 31.2 Å². The maximum atomic E-state index is 13.5. The van der Waals surface area contributed by atoms with Gasteiger partial charge in [0.1, 0.15) is 18.2 Å². The quantitative estimate of drug-likeness (QED) is 0.913. The summed E-state index contributed by atoms with van der Waals surface area (Å²) in [7, 11) is 0. The highest BCUT2D eigenvalue weighted by Gasteiger charge is 2.06. The molecule has 2 nitrogen and oxygen atoms in total. The van der Waals surface area contributed by atoms with Crippen molar-refractivity contribution in [2.75, 3.05) is 0 Å². The number of halogens is 2. The molecule has 0 bridgehead atoms. The third-order valence-electron chi connectivity index (χ3n) is 2.74. The Hall–Kier alpha value is -1.58. The van der Waals surface area contributed by atoms with Gasteiger partial charge in [0, 0.05) is 10.6 Å². The second-order valence-electron chi connectivity index (χ2n) is 4.27. The summed E-state index contributed by atoms with van der Waals surface area (Å²) in [6, 6.07) is 11.4. The first-order valence-electron chi connectivity index (χ1n) is 5.91. The predicted octanol–water partition coefficient (Wildman–Crippen LogP) is 4.11. The van der Waals surface area contributed by atoms with Crippen LogP contribution in [0.2, 0.25) is 5.02 Å². The monoisotopic (exact) mass is 280 g/mol. The molecule has 4 heteroatoms. The first-order valence-corrected chi connectivity index (χ1v) is 6.29. The number of aliphatic hydroxyl groups excluding tert-OH is 1. The number of benzene rings is 2. The van der Waals surface area contributed by atoms with Crippen molar-refractivity contribution in [3.63, 3.8) is 0 Å². The predicted molar refractivity (Wildman–Crippen MR) is 72.8 cm³/mol. The second kappa shape index (κ2) is 6.04. The van der Waals surface area contributed by atoms with Crippen molar-refractivity contribution in [2.45, 2.75) is 19.6 Å². The smallest absolute Gasteiger partial charge is 0.129 e. The van der Waals surface area contributed by atoms with E-state index in [1.807, 2.05) is 0 Å².